The molecule has 1 saturated heterocycles. The zero-order valence-corrected chi connectivity index (χ0v) is 19.7. The Bertz CT molecular complexity index is 1270. The molecule has 0 amide bonds. The molecule has 1 aliphatic rings. The highest BCUT2D eigenvalue weighted by atomic mass is 32.2. The van der Waals surface area contributed by atoms with Gasteiger partial charge in [0.15, 0.2) is 15.7 Å². The van der Waals surface area contributed by atoms with Gasteiger partial charge in [-0.3, -0.25) is 9.48 Å². The lowest BCUT2D eigenvalue weighted by molar-refractivity contribution is 0.140. The summed E-state index contributed by atoms with van der Waals surface area (Å²) in [7, 11) is -3.44. The topological polar surface area (TPSA) is 106 Å². The number of pyridine rings is 1. The van der Waals surface area contributed by atoms with Crippen molar-refractivity contribution in [1.29, 1.82) is 0 Å². The number of H-pyrrole nitrogens is 1. The molecule has 2 atom stereocenters. The maximum absolute atomic E-state index is 12.7. The van der Waals surface area contributed by atoms with E-state index in [0.717, 1.165) is 25.0 Å². The first-order valence-corrected chi connectivity index (χ1v) is 12.4. The predicted octanol–water partition coefficient (Wildman–Crippen LogP) is 4.03. The SMILES string of the molecule is C[C@H]1CCOCC[C@@H]1n1nc(Nc2ccc(S(=O)(=O)C(C)(C)C)cc2)c2c(=O)[nH]ccc21. The number of nitrogens with zero attached hydrogens (tertiary/aromatic N) is 2. The summed E-state index contributed by atoms with van der Waals surface area (Å²) >= 11 is 0. The van der Waals surface area contributed by atoms with Gasteiger partial charge in [-0.2, -0.15) is 5.10 Å². The minimum absolute atomic E-state index is 0.122. The number of aromatic nitrogens is 3. The van der Waals surface area contributed by atoms with Crippen LogP contribution in [0.5, 0.6) is 0 Å². The van der Waals surface area contributed by atoms with Gasteiger partial charge >= 0.3 is 0 Å². The summed E-state index contributed by atoms with van der Waals surface area (Å²) in [5, 5.41) is 8.48. The molecular formula is C23H30N4O4S. The van der Waals surface area contributed by atoms with E-state index in [1.807, 2.05) is 10.7 Å². The molecule has 9 heteroatoms. The van der Waals surface area contributed by atoms with Crippen LogP contribution < -0.4 is 10.9 Å². The Morgan fingerprint density at radius 2 is 1.81 bits per heavy atom. The molecule has 172 valence electrons. The molecule has 3 aromatic rings. The smallest absolute Gasteiger partial charge is 0.261 e. The van der Waals surface area contributed by atoms with Crippen LogP contribution in [0.4, 0.5) is 11.5 Å². The van der Waals surface area contributed by atoms with Crippen molar-refractivity contribution >= 4 is 32.2 Å². The van der Waals surface area contributed by atoms with Gasteiger partial charge in [0.05, 0.1) is 21.2 Å². The second-order valence-electron chi connectivity index (χ2n) is 9.36. The summed E-state index contributed by atoms with van der Waals surface area (Å²) in [5.74, 6) is 0.806. The summed E-state index contributed by atoms with van der Waals surface area (Å²) in [5.41, 5.74) is 1.20. The maximum atomic E-state index is 12.7. The summed E-state index contributed by atoms with van der Waals surface area (Å²) in [6, 6.07) is 8.54. The number of ether oxygens (including phenoxy) is 1. The van der Waals surface area contributed by atoms with Gasteiger partial charge in [-0.1, -0.05) is 6.92 Å². The fraction of sp³-hybridized carbons (Fsp3) is 0.478. The van der Waals surface area contributed by atoms with Crippen molar-refractivity contribution in [2.45, 2.75) is 56.2 Å². The molecule has 1 aliphatic heterocycles. The maximum Gasteiger partial charge on any atom is 0.261 e. The number of sulfone groups is 1. The molecule has 3 heterocycles. The van der Waals surface area contributed by atoms with E-state index in [1.165, 1.54) is 0 Å². The van der Waals surface area contributed by atoms with Crippen LogP contribution >= 0.6 is 0 Å². The van der Waals surface area contributed by atoms with Gasteiger partial charge in [0, 0.05) is 25.1 Å². The van der Waals surface area contributed by atoms with Crippen molar-refractivity contribution in [2.75, 3.05) is 18.5 Å². The van der Waals surface area contributed by atoms with Crippen LogP contribution in [-0.2, 0) is 14.6 Å². The fourth-order valence-electron chi connectivity index (χ4n) is 4.06. The number of fused-ring (bicyclic) bond motifs is 1. The van der Waals surface area contributed by atoms with E-state index in [1.54, 1.807) is 51.2 Å². The molecule has 4 rings (SSSR count). The van der Waals surface area contributed by atoms with Crippen molar-refractivity contribution in [3.63, 3.8) is 0 Å². The number of rotatable bonds is 4. The molecule has 8 nitrogen and oxygen atoms in total. The number of anilines is 2. The van der Waals surface area contributed by atoms with Gasteiger partial charge in [-0.05, 0) is 69.9 Å². The highest BCUT2D eigenvalue weighted by Gasteiger charge is 2.31. The van der Waals surface area contributed by atoms with Gasteiger partial charge < -0.3 is 15.0 Å². The summed E-state index contributed by atoms with van der Waals surface area (Å²) in [6.45, 7) is 8.61. The van der Waals surface area contributed by atoms with Crippen LogP contribution in [0.2, 0.25) is 0 Å². The quantitative estimate of drug-likeness (QED) is 0.611. The van der Waals surface area contributed by atoms with E-state index in [2.05, 4.69) is 17.2 Å². The van der Waals surface area contributed by atoms with Crippen molar-refractivity contribution in [3.05, 3.63) is 46.9 Å². The standard InChI is InChI=1S/C23H30N4O4S/c1-15-10-13-31-14-11-18(15)27-19-9-12-24-22(28)20(19)21(26-27)25-16-5-7-17(8-6-16)32(29,30)23(2,3)4/h5-9,12,15,18H,10-11,13-14H2,1-4H3,(H,24,28)(H,25,26)/t15-,18-/m0/s1. The fourth-order valence-corrected chi connectivity index (χ4v) is 5.26. The normalized spacial score (nSPS) is 20.2. The third kappa shape index (κ3) is 4.06. The third-order valence-electron chi connectivity index (χ3n) is 6.11. The minimum atomic E-state index is -3.44. The number of nitrogens with one attached hydrogen (secondary N) is 2. The third-order valence-corrected chi connectivity index (χ3v) is 8.62. The van der Waals surface area contributed by atoms with Gasteiger partial charge in [-0.15, -0.1) is 0 Å². The zero-order valence-electron chi connectivity index (χ0n) is 18.9. The van der Waals surface area contributed by atoms with Gasteiger partial charge in [0.25, 0.3) is 5.56 Å². The van der Waals surface area contributed by atoms with Crippen LogP contribution in [-0.4, -0.2) is 41.1 Å². The molecule has 0 aliphatic carbocycles. The molecule has 1 fully saturated rings. The second-order valence-corrected chi connectivity index (χ2v) is 12.1. The first-order chi connectivity index (χ1) is 15.1. The highest BCUT2D eigenvalue weighted by molar-refractivity contribution is 7.92. The Labute approximate surface area is 187 Å². The van der Waals surface area contributed by atoms with E-state index in [-0.39, 0.29) is 16.5 Å². The van der Waals surface area contributed by atoms with Crippen molar-refractivity contribution in [2.24, 2.45) is 5.92 Å². The molecule has 0 radical (unpaired) electrons. The molecule has 0 unspecified atom stereocenters. The van der Waals surface area contributed by atoms with E-state index in [0.29, 0.717) is 29.4 Å². The van der Waals surface area contributed by atoms with Crippen molar-refractivity contribution in [3.8, 4) is 0 Å². The Morgan fingerprint density at radius 1 is 1.12 bits per heavy atom. The lowest BCUT2D eigenvalue weighted by Crippen LogP contribution is -2.27. The number of benzene rings is 1. The molecule has 1 aromatic carbocycles. The molecule has 2 aromatic heterocycles. The average molecular weight is 459 g/mol. The summed E-state index contributed by atoms with van der Waals surface area (Å²) < 4.78 is 32.1. The first-order valence-electron chi connectivity index (χ1n) is 10.9. The molecule has 32 heavy (non-hydrogen) atoms. The Hall–Kier alpha value is -2.65. The summed E-state index contributed by atoms with van der Waals surface area (Å²) in [6.07, 6.45) is 3.39. The van der Waals surface area contributed by atoms with E-state index < -0.39 is 14.6 Å². The highest BCUT2D eigenvalue weighted by Crippen LogP contribution is 2.33. The van der Waals surface area contributed by atoms with Crippen LogP contribution in [0.3, 0.4) is 0 Å². The largest absolute Gasteiger partial charge is 0.381 e. The predicted molar refractivity (Wildman–Crippen MR) is 125 cm³/mol. The molecule has 2 N–H and O–H groups in total. The van der Waals surface area contributed by atoms with Crippen LogP contribution in [0.25, 0.3) is 10.9 Å². The number of aromatic amines is 1. The van der Waals surface area contributed by atoms with Crippen LogP contribution in [0, 0.1) is 5.92 Å². The molecule has 0 saturated carbocycles. The zero-order chi connectivity index (χ0) is 23.1. The van der Waals surface area contributed by atoms with E-state index in [4.69, 9.17) is 9.84 Å². The van der Waals surface area contributed by atoms with Crippen LogP contribution in [0.1, 0.15) is 46.6 Å². The summed E-state index contributed by atoms with van der Waals surface area (Å²) in [4.78, 5) is 15.7. The van der Waals surface area contributed by atoms with E-state index in [9.17, 15) is 13.2 Å². The van der Waals surface area contributed by atoms with Crippen molar-refractivity contribution in [1.82, 2.24) is 14.8 Å². The Balaban J connectivity index is 1.72. The van der Waals surface area contributed by atoms with Gasteiger partial charge in [0.2, 0.25) is 0 Å². The lowest BCUT2D eigenvalue weighted by Gasteiger charge is -2.22. The Kier molecular flexibility index (Phi) is 5.89. The van der Waals surface area contributed by atoms with Gasteiger partial charge in [-0.25, -0.2) is 8.42 Å². The van der Waals surface area contributed by atoms with Gasteiger partial charge in [0.1, 0.15) is 5.39 Å². The molecule has 0 spiro atoms. The minimum Gasteiger partial charge on any atom is -0.381 e. The second kappa shape index (κ2) is 8.37. The van der Waals surface area contributed by atoms with E-state index >= 15 is 0 Å². The Morgan fingerprint density at radius 3 is 2.50 bits per heavy atom. The molecule has 0 bridgehead atoms. The first kappa shape index (κ1) is 22.5. The number of hydrogen-bond acceptors (Lipinski definition) is 6. The lowest BCUT2D eigenvalue weighted by atomic mass is 9.97. The average Bonchev–Trinajstić information content (AvgIpc) is 2.95. The van der Waals surface area contributed by atoms with Crippen LogP contribution in [0.15, 0.2) is 46.2 Å². The number of hydrogen-bond donors (Lipinski definition) is 2. The van der Waals surface area contributed by atoms with Crippen molar-refractivity contribution < 1.29 is 13.2 Å². The molecular weight excluding hydrogens is 428 g/mol. The monoisotopic (exact) mass is 458 g/mol.